The van der Waals surface area contributed by atoms with Gasteiger partial charge in [0.25, 0.3) is 5.56 Å². The first kappa shape index (κ1) is 20.4. The summed E-state index contributed by atoms with van der Waals surface area (Å²) in [6, 6.07) is 8.52. The zero-order chi connectivity index (χ0) is 19.4. The quantitative estimate of drug-likeness (QED) is 0.508. The SMILES string of the molecule is CC(C)N(CCn1c(SCC2CCCO2)nc2ccccc2c1=O)C(C)C. The largest absolute Gasteiger partial charge is 0.377 e. The third kappa shape index (κ3) is 4.92. The molecule has 1 aromatic carbocycles. The number of thioether (sulfide) groups is 1. The number of hydrogen-bond donors (Lipinski definition) is 0. The van der Waals surface area contributed by atoms with Gasteiger partial charge in [0.2, 0.25) is 0 Å². The first-order valence-electron chi connectivity index (χ1n) is 9.97. The molecule has 6 heteroatoms. The predicted molar refractivity (Wildman–Crippen MR) is 113 cm³/mol. The van der Waals surface area contributed by atoms with Crippen molar-refractivity contribution in [2.24, 2.45) is 0 Å². The van der Waals surface area contributed by atoms with E-state index in [1.54, 1.807) is 11.8 Å². The molecule has 27 heavy (non-hydrogen) atoms. The number of fused-ring (bicyclic) bond motifs is 1. The van der Waals surface area contributed by atoms with Gasteiger partial charge in [0.05, 0.1) is 17.0 Å². The lowest BCUT2D eigenvalue weighted by atomic mass is 10.2. The molecule has 0 amide bonds. The van der Waals surface area contributed by atoms with E-state index in [4.69, 9.17) is 9.72 Å². The lowest BCUT2D eigenvalue weighted by Crippen LogP contribution is -2.40. The molecule has 1 aliphatic rings. The molecule has 0 aliphatic carbocycles. The van der Waals surface area contributed by atoms with Crippen LogP contribution in [0.2, 0.25) is 0 Å². The number of ether oxygens (including phenoxy) is 1. The molecule has 0 N–H and O–H groups in total. The first-order valence-corrected chi connectivity index (χ1v) is 11.0. The van der Waals surface area contributed by atoms with Crippen molar-refractivity contribution in [2.45, 2.75) is 70.4 Å². The Kier molecular flexibility index (Phi) is 6.95. The van der Waals surface area contributed by atoms with Crippen LogP contribution in [0.15, 0.2) is 34.2 Å². The van der Waals surface area contributed by atoms with E-state index in [1.165, 1.54) is 0 Å². The smallest absolute Gasteiger partial charge is 0.262 e. The van der Waals surface area contributed by atoms with E-state index < -0.39 is 0 Å². The predicted octanol–water partition coefficient (Wildman–Crippen LogP) is 3.79. The number of hydrogen-bond acceptors (Lipinski definition) is 5. The molecule has 3 rings (SSSR count). The molecule has 0 spiro atoms. The molecule has 1 fully saturated rings. The van der Waals surface area contributed by atoms with Gasteiger partial charge in [0, 0.05) is 37.5 Å². The number of nitrogens with zero attached hydrogens (tertiary/aromatic N) is 3. The van der Waals surface area contributed by atoms with Gasteiger partial charge in [-0.1, -0.05) is 23.9 Å². The maximum Gasteiger partial charge on any atom is 0.262 e. The number of benzene rings is 1. The molecular weight excluding hydrogens is 358 g/mol. The van der Waals surface area contributed by atoms with Crippen LogP contribution in [0, 0.1) is 0 Å². The lowest BCUT2D eigenvalue weighted by molar-refractivity contribution is 0.128. The van der Waals surface area contributed by atoms with Crippen LogP contribution in [0.5, 0.6) is 0 Å². The van der Waals surface area contributed by atoms with Crippen molar-refractivity contribution in [3.05, 3.63) is 34.6 Å². The van der Waals surface area contributed by atoms with Crippen LogP contribution in [0.4, 0.5) is 0 Å². The second-order valence-electron chi connectivity index (χ2n) is 7.74. The fourth-order valence-corrected chi connectivity index (χ4v) is 4.82. The fourth-order valence-electron chi connectivity index (χ4n) is 3.73. The van der Waals surface area contributed by atoms with Gasteiger partial charge in [-0.05, 0) is 52.7 Å². The number of rotatable bonds is 8. The highest BCUT2D eigenvalue weighted by Crippen LogP contribution is 2.23. The Hall–Kier alpha value is -1.37. The van der Waals surface area contributed by atoms with Gasteiger partial charge < -0.3 is 4.74 Å². The summed E-state index contributed by atoms with van der Waals surface area (Å²) >= 11 is 1.65. The van der Waals surface area contributed by atoms with Crippen LogP contribution >= 0.6 is 11.8 Å². The minimum Gasteiger partial charge on any atom is -0.377 e. The summed E-state index contributed by atoms with van der Waals surface area (Å²) in [4.78, 5) is 20.4. The molecule has 1 aromatic heterocycles. The summed E-state index contributed by atoms with van der Waals surface area (Å²) in [5.74, 6) is 0.850. The standard InChI is InChI=1S/C21H31N3O2S/c1-15(2)23(16(3)4)11-12-24-20(25)18-9-5-6-10-19(18)22-21(24)27-14-17-8-7-13-26-17/h5-6,9-10,15-17H,7-8,11-14H2,1-4H3. The Morgan fingerprint density at radius 3 is 2.67 bits per heavy atom. The van der Waals surface area contributed by atoms with Crippen molar-refractivity contribution in [3.8, 4) is 0 Å². The van der Waals surface area contributed by atoms with Gasteiger partial charge in [-0.2, -0.15) is 0 Å². The summed E-state index contributed by atoms with van der Waals surface area (Å²) < 4.78 is 7.61. The lowest BCUT2D eigenvalue weighted by Gasteiger charge is -2.30. The Morgan fingerprint density at radius 1 is 1.26 bits per heavy atom. The molecule has 5 nitrogen and oxygen atoms in total. The molecule has 1 atom stereocenters. The highest BCUT2D eigenvalue weighted by Gasteiger charge is 2.19. The van der Waals surface area contributed by atoms with E-state index in [2.05, 4.69) is 32.6 Å². The van der Waals surface area contributed by atoms with E-state index in [0.717, 1.165) is 42.4 Å². The van der Waals surface area contributed by atoms with Crippen molar-refractivity contribution < 1.29 is 4.74 Å². The average Bonchev–Trinajstić information content (AvgIpc) is 3.15. The van der Waals surface area contributed by atoms with Crippen LogP contribution in [0.1, 0.15) is 40.5 Å². The monoisotopic (exact) mass is 389 g/mol. The van der Waals surface area contributed by atoms with Crippen molar-refractivity contribution in [2.75, 3.05) is 18.9 Å². The molecule has 2 aromatic rings. The first-order chi connectivity index (χ1) is 13.0. The van der Waals surface area contributed by atoms with Crippen LogP contribution in [-0.2, 0) is 11.3 Å². The van der Waals surface area contributed by atoms with Gasteiger partial charge in [0.1, 0.15) is 0 Å². The van der Waals surface area contributed by atoms with Crippen LogP contribution in [-0.4, -0.2) is 51.5 Å². The van der Waals surface area contributed by atoms with Crippen LogP contribution < -0.4 is 5.56 Å². The Balaban J connectivity index is 1.88. The van der Waals surface area contributed by atoms with E-state index in [9.17, 15) is 4.79 Å². The van der Waals surface area contributed by atoms with E-state index in [0.29, 0.717) is 24.0 Å². The van der Waals surface area contributed by atoms with Crippen molar-refractivity contribution in [1.29, 1.82) is 0 Å². The van der Waals surface area contributed by atoms with E-state index in [-0.39, 0.29) is 11.7 Å². The molecule has 0 saturated carbocycles. The third-order valence-corrected chi connectivity index (χ3v) is 6.27. The number of aromatic nitrogens is 2. The Bertz CT molecular complexity index is 805. The molecule has 1 saturated heterocycles. The second kappa shape index (κ2) is 9.22. The summed E-state index contributed by atoms with van der Waals surface area (Å²) in [5.41, 5.74) is 0.834. The molecule has 1 aliphatic heterocycles. The van der Waals surface area contributed by atoms with Gasteiger partial charge in [-0.3, -0.25) is 14.3 Å². The van der Waals surface area contributed by atoms with Gasteiger partial charge in [-0.25, -0.2) is 4.98 Å². The topological polar surface area (TPSA) is 47.4 Å². The van der Waals surface area contributed by atoms with Crippen molar-refractivity contribution in [1.82, 2.24) is 14.5 Å². The zero-order valence-electron chi connectivity index (χ0n) is 16.9. The summed E-state index contributed by atoms with van der Waals surface area (Å²) in [7, 11) is 0. The third-order valence-electron chi connectivity index (χ3n) is 5.16. The van der Waals surface area contributed by atoms with E-state index >= 15 is 0 Å². The van der Waals surface area contributed by atoms with Crippen LogP contribution in [0.3, 0.4) is 0 Å². The molecule has 148 valence electrons. The minimum absolute atomic E-state index is 0.0582. The summed E-state index contributed by atoms with van der Waals surface area (Å²) in [5, 5.41) is 1.50. The summed E-state index contributed by atoms with van der Waals surface area (Å²) in [6.45, 7) is 11.1. The summed E-state index contributed by atoms with van der Waals surface area (Å²) in [6.07, 6.45) is 2.50. The normalized spacial score (nSPS) is 17.7. The Morgan fingerprint density at radius 2 is 2.00 bits per heavy atom. The van der Waals surface area contributed by atoms with Gasteiger partial charge in [-0.15, -0.1) is 0 Å². The van der Waals surface area contributed by atoms with Crippen LogP contribution in [0.25, 0.3) is 10.9 Å². The molecular formula is C21H31N3O2S. The fraction of sp³-hybridized carbons (Fsp3) is 0.619. The molecule has 2 heterocycles. The van der Waals surface area contributed by atoms with Gasteiger partial charge >= 0.3 is 0 Å². The van der Waals surface area contributed by atoms with Crippen molar-refractivity contribution in [3.63, 3.8) is 0 Å². The van der Waals surface area contributed by atoms with E-state index in [1.807, 2.05) is 28.8 Å². The Labute approximate surface area is 166 Å². The second-order valence-corrected chi connectivity index (χ2v) is 8.73. The maximum absolute atomic E-state index is 13.2. The van der Waals surface area contributed by atoms with Gasteiger partial charge in [0.15, 0.2) is 5.16 Å². The van der Waals surface area contributed by atoms with Crippen molar-refractivity contribution >= 4 is 22.7 Å². The highest BCUT2D eigenvalue weighted by molar-refractivity contribution is 7.99. The molecule has 0 radical (unpaired) electrons. The zero-order valence-corrected chi connectivity index (χ0v) is 17.7. The molecule has 1 unspecified atom stereocenters. The minimum atomic E-state index is 0.0582. The maximum atomic E-state index is 13.2. The molecule has 0 bridgehead atoms. The number of para-hydroxylation sites is 1. The average molecular weight is 390 g/mol. The highest BCUT2D eigenvalue weighted by atomic mass is 32.2.